The minimum Gasteiger partial charge on any atom is -0.492 e. The second-order valence-electron chi connectivity index (χ2n) is 5.01. The summed E-state index contributed by atoms with van der Waals surface area (Å²) in [5, 5.41) is 3.52. The average molecular weight is 249 g/mol. The highest BCUT2D eigenvalue weighted by molar-refractivity contribution is 5.46. The van der Waals surface area contributed by atoms with Gasteiger partial charge in [0.2, 0.25) is 0 Å². The molecule has 1 aliphatic rings. The molecule has 4 nitrogen and oxygen atoms in total. The lowest BCUT2D eigenvalue weighted by atomic mass is 9.92. The van der Waals surface area contributed by atoms with Gasteiger partial charge in [-0.25, -0.2) is 0 Å². The van der Waals surface area contributed by atoms with Crippen molar-refractivity contribution in [3.05, 3.63) is 18.5 Å². The molecule has 2 rings (SSSR count). The van der Waals surface area contributed by atoms with Crippen molar-refractivity contribution in [2.45, 2.75) is 51.1 Å². The van der Waals surface area contributed by atoms with Gasteiger partial charge < -0.3 is 15.8 Å². The Labute approximate surface area is 109 Å². The minimum atomic E-state index is 0.389. The van der Waals surface area contributed by atoms with E-state index in [4.69, 9.17) is 10.5 Å². The summed E-state index contributed by atoms with van der Waals surface area (Å²) < 4.78 is 5.58. The molecule has 0 atom stereocenters. The molecule has 1 aromatic heterocycles. The number of anilines is 1. The van der Waals surface area contributed by atoms with Crippen molar-refractivity contribution >= 4 is 5.69 Å². The van der Waals surface area contributed by atoms with Gasteiger partial charge in [0.25, 0.3) is 0 Å². The molecule has 0 radical (unpaired) electrons. The molecule has 0 amide bonds. The SMILES string of the molecule is CCCOc1cncc(NC2CCC(N)CC2)c1. The molecule has 1 heterocycles. The highest BCUT2D eigenvalue weighted by atomic mass is 16.5. The van der Waals surface area contributed by atoms with E-state index in [9.17, 15) is 0 Å². The second-order valence-corrected chi connectivity index (χ2v) is 5.01. The molecule has 100 valence electrons. The van der Waals surface area contributed by atoms with Crippen molar-refractivity contribution in [1.29, 1.82) is 0 Å². The van der Waals surface area contributed by atoms with Crippen LogP contribution in [0, 0.1) is 0 Å². The number of ether oxygens (including phenoxy) is 1. The topological polar surface area (TPSA) is 60.2 Å². The third-order valence-electron chi connectivity index (χ3n) is 3.33. The molecule has 0 spiro atoms. The standard InChI is InChI=1S/C14H23N3O/c1-2-7-18-14-8-13(9-16-10-14)17-12-5-3-11(15)4-6-12/h8-12,17H,2-7,15H2,1H3. The number of hydrogen-bond acceptors (Lipinski definition) is 4. The van der Waals surface area contributed by atoms with E-state index in [2.05, 4.69) is 17.2 Å². The van der Waals surface area contributed by atoms with Crippen LogP contribution in [0.15, 0.2) is 18.5 Å². The Bertz CT molecular complexity index is 362. The van der Waals surface area contributed by atoms with Crippen molar-refractivity contribution in [1.82, 2.24) is 4.98 Å². The number of hydrogen-bond donors (Lipinski definition) is 2. The molecule has 4 heteroatoms. The van der Waals surface area contributed by atoms with Crippen LogP contribution in [0.2, 0.25) is 0 Å². The van der Waals surface area contributed by atoms with Gasteiger partial charge in [0.05, 0.1) is 24.7 Å². The third-order valence-corrected chi connectivity index (χ3v) is 3.33. The van der Waals surface area contributed by atoms with Gasteiger partial charge in [-0.3, -0.25) is 4.98 Å². The number of pyridine rings is 1. The molecule has 1 saturated carbocycles. The van der Waals surface area contributed by atoms with Crippen LogP contribution in [0.25, 0.3) is 0 Å². The summed E-state index contributed by atoms with van der Waals surface area (Å²) in [5.41, 5.74) is 6.95. The molecule has 1 aliphatic carbocycles. The Hall–Kier alpha value is -1.29. The van der Waals surface area contributed by atoms with Crippen LogP contribution < -0.4 is 15.8 Å². The van der Waals surface area contributed by atoms with Gasteiger partial charge in [-0.2, -0.15) is 0 Å². The first-order chi connectivity index (χ1) is 8.78. The minimum absolute atomic E-state index is 0.389. The summed E-state index contributed by atoms with van der Waals surface area (Å²) in [6.07, 6.45) is 9.12. The van der Waals surface area contributed by atoms with Crippen LogP contribution in [-0.4, -0.2) is 23.7 Å². The van der Waals surface area contributed by atoms with Crippen LogP contribution >= 0.6 is 0 Å². The van der Waals surface area contributed by atoms with E-state index in [1.807, 2.05) is 12.3 Å². The fourth-order valence-corrected chi connectivity index (χ4v) is 2.30. The maximum Gasteiger partial charge on any atom is 0.139 e. The van der Waals surface area contributed by atoms with Gasteiger partial charge in [-0.1, -0.05) is 6.92 Å². The number of nitrogens with zero attached hydrogens (tertiary/aromatic N) is 1. The zero-order chi connectivity index (χ0) is 12.8. The Balaban J connectivity index is 1.88. The third kappa shape index (κ3) is 3.88. The molecule has 1 aromatic rings. The van der Waals surface area contributed by atoms with E-state index >= 15 is 0 Å². The lowest BCUT2D eigenvalue weighted by molar-refractivity contribution is 0.316. The predicted molar refractivity (Wildman–Crippen MR) is 73.9 cm³/mol. The molecular weight excluding hydrogens is 226 g/mol. The highest BCUT2D eigenvalue weighted by Gasteiger charge is 2.18. The van der Waals surface area contributed by atoms with Crippen molar-refractivity contribution in [2.75, 3.05) is 11.9 Å². The molecule has 0 aliphatic heterocycles. The van der Waals surface area contributed by atoms with Crippen LogP contribution in [0.3, 0.4) is 0 Å². The van der Waals surface area contributed by atoms with Crippen LogP contribution in [0.1, 0.15) is 39.0 Å². The first kappa shape index (κ1) is 13.1. The summed E-state index contributed by atoms with van der Waals surface area (Å²) in [7, 11) is 0. The number of nitrogens with two attached hydrogens (primary N) is 1. The summed E-state index contributed by atoms with van der Waals surface area (Å²) in [5.74, 6) is 0.842. The van der Waals surface area contributed by atoms with Gasteiger partial charge in [0.1, 0.15) is 5.75 Å². The van der Waals surface area contributed by atoms with Gasteiger partial charge >= 0.3 is 0 Å². The fraction of sp³-hybridized carbons (Fsp3) is 0.643. The van der Waals surface area contributed by atoms with Crippen LogP contribution in [0.4, 0.5) is 5.69 Å². The molecule has 0 unspecified atom stereocenters. The summed E-state index contributed by atoms with van der Waals surface area (Å²) in [6.45, 7) is 2.84. The van der Waals surface area contributed by atoms with Gasteiger partial charge in [-0.15, -0.1) is 0 Å². The molecule has 0 bridgehead atoms. The summed E-state index contributed by atoms with van der Waals surface area (Å²) in [4.78, 5) is 4.21. The Kier molecular flexibility index (Phi) is 4.81. The van der Waals surface area contributed by atoms with Crippen molar-refractivity contribution < 1.29 is 4.74 Å². The average Bonchev–Trinajstić information content (AvgIpc) is 2.40. The van der Waals surface area contributed by atoms with Crippen LogP contribution in [0.5, 0.6) is 5.75 Å². The normalized spacial score (nSPS) is 23.7. The monoisotopic (exact) mass is 249 g/mol. The fourth-order valence-electron chi connectivity index (χ4n) is 2.30. The molecule has 1 fully saturated rings. The zero-order valence-corrected chi connectivity index (χ0v) is 11.1. The lowest BCUT2D eigenvalue weighted by Crippen LogP contribution is -2.32. The zero-order valence-electron chi connectivity index (χ0n) is 11.1. The van der Waals surface area contributed by atoms with E-state index in [-0.39, 0.29) is 0 Å². The van der Waals surface area contributed by atoms with Gasteiger partial charge in [0, 0.05) is 18.2 Å². The maximum atomic E-state index is 5.91. The van der Waals surface area contributed by atoms with E-state index < -0.39 is 0 Å². The number of aromatic nitrogens is 1. The smallest absolute Gasteiger partial charge is 0.139 e. The van der Waals surface area contributed by atoms with E-state index in [1.54, 1.807) is 6.20 Å². The number of rotatable bonds is 5. The largest absolute Gasteiger partial charge is 0.492 e. The molecular formula is C14H23N3O. The molecule has 0 saturated heterocycles. The summed E-state index contributed by atoms with van der Waals surface area (Å²) >= 11 is 0. The Morgan fingerprint density at radius 1 is 1.33 bits per heavy atom. The predicted octanol–water partition coefficient (Wildman–Crippen LogP) is 2.55. The van der Waals surface area contributed by atoms with E-state index in [1.165, 1.54) is 0 Å². The molecule has 18 heavy (non-hydrogen) atoms. The lowest BCUT2D eigenvalue weighted by Gasteiger charge is -2.27. The first-order valence-electron chi connectivity index (χ1n) is 6.88. The summed E-state index contributed by atoms with van der Waals surface area (Å²) in [6, 6.07) is 2.94. The second kappa shape index (κ2) is 6.59. The quantitative estimate of drug-likeness (QED) is 0.842. The van der Waals surface area contributed by atoms with Crippen LogP contribution in [-0.2, 0) is 0 Å². The van der Waals surface area contributed by atoms with Crippen molar-refractivity contribution in [2.24, 2.45) is 5.73 Å². The van der Waals surface area contributed by atoms with Gasteiger partial charge in [0.15, 0.2) is 0 Å². The molecule has 3 N–H and O–H groups in total. The van der Waals surface area contributed by atoms with E-state index in [0.717, 1.165) is 50.1 Å². The Morgan fingerprint density at radius 3 is 2.83 bits per heavy atom. The first-order valence-corrected chi connectivity index (χ1v) is 6.88. The van der Waals surface area contributed by atoms with Crippen molar-refractivity contribution in [3.63, 3.8) is 0 Å². The number of nitrogens with one attached hydrogen (secondary N) is 1. The molecule has 0 aromatic carbocycles. The van der Waals surface area contributed by atoms with Crippen molar-refractivity contribution in [3.8, 4) is 5.75 Å². The van der Waals surface area contributed by atoms with E-state index in [0.29, 0.717) is 12.1 Å². The maximum absolute atomic E-state index is 5.91. The highest BCUT2D eigenvalue weighted by Crippen LogP contribution is 2.22. The Morgan fingerprint density at radius 2 is 2.11 bits per heavy atom. The van der Waals surface area contributed by atoms with Gasteiger partial charge in [-0.05, 0) is 32.1 Å².